The summed E-state index contributed by atoms with van der Waals surface area (Å²) in [4.78, 5) is 11.3. The fourth-order valence-corrected chi connectivity index (χ4v) is 2.21. The van der Waals surface area contributed by atoms with Gasteiger partial charge in [-0.05, 0) is 12.8 Å². The van der Waals surface area contributed by atoms with Gasteiger partial charge in [0.25, 0.3) is 0 Å². The quantitative estimate of drug-likeness (QED) is 0.881. The molecule has 1 N–H and O–H groups in total. The Morgan fingerprint density at radius 1 is 1.39 bits per heavy atom. The first kappa shape index (κ1) is 13.1. The molecule has 1 aliphatic rings. The summed E-state index contributed by atoms with van der Waals surface area (Å²) < 4.78 is 5.40. The average molecular weight is 250 g/mol. The van der Waals surface area contributed by atoms with Crippen LogP contribution < -0.4 is 10.2 Å². The first-order chi connectivity index (χ1) is 8.74. The predicted molar refractivity (Wildman–Crippen MR) is 73.2 cm³/mol. The van der Waals surface area contributed by atoms with Gasteiger partial charge in [0, 0.05) is 45.8 Å². The summed E-state index contributed by atoms with van der Waals surface area (Å²) in [7, 11) is 4.00. The Kier molecular flexibility index (Phi) is 4.36. The highest BCUT2D eigenvalue weighted by atomic mass is 16.5. The largest absolute Gasteiger partial charge is 0.381 e. The van der Waals surface area contributed by atoms with Crippen LogP contribution in [0, 0.1) is 0 Å². The van der Waals surface area contributed by atoms with Gasteiger partial charge in [0.15, 0.2) is 0 Å². The van der Waals surface area contributed by atoms with Gasteiger partial charge in [0.1, 0.15) is 17.5 Å². The van der Waals surface area contributed by atoms with Gasteiger partial charge < -0.3 is 15.0 Å². The summed E-state index contributed by atoms with van der Waals surface area (Å²) in [5, 5.41) is 3.10. The minimum atomic E-state index is 0.517. The van der Waals surface area contributed by atoms with Crippen LogP contribution in [0.3, 0.4) is 0 Å². The summed E-state index contributed by atoms with van der Waals surface area (Å²) in [6.45, 7) is 3.77. The summed E-state index contributed by atoms with van der Waals surface area (Å²) in [5.74, 6) is 2.77. The van der Waals surface area contributed by atoms with Crippen LogP contribution >= 0.6 is 0 Å². The molecule has 0 unspecified atom stereocenters. The number of hydrogen-bond acceptors (Lipinski definition) is 5. The number of nitrogens with zero attached hydrogens (tertiary/aromatic N) is 3. The van der Waals surface area contributed by atoms with Gasteiger partial charge in [0.05, 0.1) is 0 Å². The highest BCUT2D eigenvalue weighted by Gasteiger charge is 2.20. The van der Waals surface area contributed by atoms with E-state index in [0.29, 0.717) is 6.04 Å². The Labute approximate surface area is 109 Å². The van der Waals surface area contributed by atoms with Crippen LogP contribution in [-0.2, 0) is 11.2 Å². The van der Waals surface area contributed by atoms with Crippen LogP contribution in [0.1, 0.15) is 25.6 Å². The Bertz CT molecular complexity index is 368. The van der Waals surface area contributed by atoms with E-state index >= 15 is 0 Å². The molecule has 1 aromatic heterocycles. The van der Waals surface area contributed by atoms with Crippen molar-refractivity contribution in [3.8, 4) is 0 Å². The Morgan fingerprint density at radius 2 is 2.11 bits per heavy atom. The zero-order valence-electron chi connectivity index (χ0n) is 11.4. The van der Waals surface area contributed by atoms with Gasteiger partial charge in [-0.25, -0.2) is 9.97 Å². The smallest absolute Gasteiger partial charge is 0.134 e. The zero-order chi connectivity index (χ0) is 13.0. The standard InChI is InChI=1S/C13H22N4O/c1-4-11-15-12(14-2)9-13(16-11)17(3)10-5-7-18-8-6-10/h9-10H,4-8H2,1-3H3,(H,14,15,16). The van der Waals surface area contributed by atoms with Crippen molar-refractivity contribution in [3.05, 3.63) is 11.9 Å². The second-order valence-corrected chi connectivity index (χ2v) is 4.59. The molecule has 5 heteroatoms. The van der Waals surface area contributed by atoms with E-state index in [1.807, 2.05) is 13.1 Å². The van der Waals surface area contributed by atoms with E-state index in [0.717, 1.165) is 49.9 Å². The van der Waals surface area contributed by atoms with Gasteiger partial charge in [-0.2, -0.15) is 0 Å². The van der Waals surface area contributed by atoms with Crippen molar-refractivity contribution in [1.29, 1.82) is 0 Å². The van der Waals surface area contributed by atoms with Gasteiger partial charge in [-0.3, -0.25) is 0 Å². The highest BCUT2D eigenvalue weighted by Crippen LogP contribution is 2.21. The topological polar surface area (TPSA) is 50.3 Å². The lowest BCUT2D eigenvalue weighted by Gasteiger charge is -2.32. The van der Waals surface area contributed by atoms with Gasteiger partial charge in [-0.1, -0.05) is 6.92 Å². The number of aryl methyl sites for hydroxylation is 1. The van der Waals surface area contributed by atoms with E-state index in [2.05, 4.69) is 34.2 Å². The maximum Gasteiger partial charge on any atom is 0.134 e. The number of nitrogens with one attached hydrogen (secondary N) is 1. The fourth-order valence-electron chi connectivity index (χ4n) is 2.21. The van der Waals surface area contributed by atoms with Crippen molar-refractivity contribution in [2.24, 2.45) is 0 Å². The lowest BCUT2D eigenvalue weighted by Crippen LogP contribution is -2.37. The van der Waals surface area contributed by atoms with Gasteiger partial charge >= 0.3 is 0 Å². The molecule has 0 aliphatic carbocycles. The lowest BCUT2D eigenvalue weighted by atomic mass is 10.1. The van der Waals surface area contributed by atoms with E-state index in [4.69, 9.17) is 4.74 Å². The predicted octanol–water partition coefficient (Wildman–Crippen LogP) is 1.70. The molecule has 0 saturated carbocycles. The molecular formula is C13H22N4O. The molecule has 0 bridgehead atoms. The van der Waals surface area contributed by atoms with Crippen LogP contribution in [0.2, 0.25) is 0 Å². The monoisotopic (exact) mass is 250 g/mol. The molecule has 2 heterocycles. The number of anilines is 2. The van der Waals surface area contributed by atoms with Crippen LogP contribution in [-0.4, -0.2) is 43.3 Å². The van der Waals surface area contributed by atoms with Crippen molar-refractivity contribution in [1.82, 2.24) is 9.97 Å². The number of rotatable bonds is 4. The summed E-state index contributed by atoms with van der Waals surface area (Å²) in [6.07, 6.45) is 2.98. The maximum absolute atomic E-state index is 5.40. The Balaban J connectivity index is 2.19. The number of hydrogen-bond donors (Lipinski definition) is 1. The minimum Gasteiger partial charge on any atom is -0.381 e. The third-order valence-electron chi connectivity index (χ3n) is 3.43. The number of aromatic nitrogens is 2. The van der Waals surface area contributed by atoms with Gasteiger partial charge in [0.2, 0.25) is 0 Å². The SMILES string of the molecule is CCc1nc(NC)cc(N(C)C2CCOCC2)n1. The molecule has 1 aliphatic heterocycles. The van der Waals surface area contributed by atoms with Crippen molar-refractivity contribution < 1.29 is 4.74 Å². The molecule has 18 heavy (non-hydrogen) atoms. The van der Waals surface area contributed by atoms with E-state index in [-0.39, 0.29) is 0 Å². The van der Waals surface area contributed by atoms with Crippen molar-refractivity contribution >= 4 is 11.6 Å². The van der Waals surface area contributed by atoms with Crippen molar-refractivity contribution in [2.75, 3.05) is 37.5 Å². The molecule has 0 spiro atoms. The molecule has 1 fully saturated rings. The minimum absolute atomic E-state index is 0.517. The van der Waals surface area contributed by atoms with E-state index in [1.54, 1.807) is 0 Å². The second kappa shape index (κ2) is 6.00. The first-order valence-electron chi connectivity index (χ1n) is 6.61. The molecule has 5 nitrogen and oxygen atoms in total. The Morgan fingerprint density at radius 3 is 2.72 bits per heavy atom. The van der Waals surface area contributed by atoms with E-state index in [9.17, 15) is 0 Å². The van der Waals surface area contributed by atoms with Crippen molar-refractivity contribution in [3.63, 3.8) is 0 Å². The summed E-state index contributed by atoms with van der Waals surface area (Å²) in [6, 6.07) is 2.53. The first-order valence-corrected chi connectivity index (χ1v) is 6.61. The van der Waals surface area contributed by atoms with Crippen LogP contribution in [0.15, 0.2) is 6.07 Å². The zero-order valence-corrected chi connectivity index (χ0v) is 11.4. The van der Waals surface area contributed by atoms with Crippen LogP contribution in [0.4, 0.5) is 11.6 Å². The molecule has 2 rings (SSSR count). The normalized spacial score (nSPS) is 16.6. The lowest BCUT2D eigenvalue weighted by molar-refractivity contribution is 0.0853. The molecular weight excluding hydrogens is 228 g/mol. The summed E-state index contributed by atoms with van der Waals surface area (Å²) in [5.41, 5.74) is 0. The highest BCUT2D eigenvalue weighted by molar-refractivity contribution is 5.49. The van der Waals surface area contributed by atoms with Crippen molar-refractivity contribution in [2.45, 2.75) is 32.2 Å². The molecule has 0 radical (unpaired) electrons. The van der Waals surface area contributed by atoms with E-state index in [1.165, 1.54) is 0 Å². The van der Waals surface area contributed by atoms with E-state index < -0.39 is 0 Å². The van der Waals surface area contributed by atoms with Crippen LogP contribution in [0.25, 0.3) is 0 Å². The molecule has 100 valence electrons. The molecule has 0 atom stereocenters. The maximum atomic E-state index is 5.40. The number of ether oxygens (including phenoxy) is 1. The molecule has 0 aromatic carbocycles. The second-order valence-electron chi connectivity index (χ2n) is 4.59. The van der Waals surface area contributed by atoms with Gasteiger partial charge in [-0.15, -0.1) is 0 Å². The Hall–Kier alpha value is -1.36. The third-order valence-corrected chi connectivity index (χ3v) is 3.43. The fraction of sp³-hybridized carbons (Fsp3) is 0.692. The third kappa shape index (κ3) is 2.90. The molecule has 1 saturated heterocycles. The summed E-state index contributed by atoms with van der Waals surface area (Å²) >= 11 is 0. The average Bonchev–Trinajstić information content (AvgIpc) is 2.46. The molecule has 0 amide bonds. The van der Waals surface area contributed by atoms with Crippen LogP contribution in [0.5, 0.6) is 0 Å². The molecule has 1 aromatic rings.